The van der Waals surface area contributed by atoms with E-state index in [0.717, 1.165) is 45.0 Å². The van der Waals surface area contributed by atoms with Crippen molar-refractivity contribution in [2.45, 2.75) is 32.9 Å². The van der Waals surface area contributed by atoms with Crippen LogP contribution in [-0.4, -0.2) is 21.5 Å². The Bertz CT molecular complexity index is 1020. The number of halogens is 1. The van der Waals surface area contributed by atoms with E-state index >= 15 is 0 Å². The van der Waals surface area contributed by atoms with E-state index in [2.05, 4.69) is 29.0 Å². The number of aromatic nitrogens is 1. The molecule has 1 N–H and O–H groups in total. The van der Waals surface area contributed by atoms with E-state index in [0.29, 0.717) is 5.92 Å². The van der Waals surface area contributed by atoms with Crippen LogP contribution in [0.5, 0.6) is 0 Å². The SMILES string of the molecule is Cc1c(Cl)cccc1-c1ccc([C@H]2[C@@H](c3ccccn3)NC(=S)N2CC(C)C)o1. The zero-order valence-corrected chi connectivity index (χ0v) is 18.3. The van der Waals surface area contributed by atoms with Gasteiger partial charge in [0, 0.05) is 23.3 Å². The molecule has 0 spiro atoms. The van der Waals surface area contributed by atoms with Gasteiger partial charge in [0.15, 0.2) is 5.11 Å². The summed E-state index contributed by atoms with van der Waals surface area (Å²) in [5.41, 5.74) is 2.96. The molecule has 0 radical (unpaired) electrons. The summed E-state index contributed by atoms with van der Waals surface area (Å²) in [6.07, 6.45) is 1.81. The molecule has 6 heteroatoms. The third kappa shape index (κ3) is 3.89. The molecule has 4 rings (SSSR count). The van der Waals surface area contributed by atoms with Gasteiger partial charge in [0.25, 0.3) is 0 Å². The second kappa shape index (κ2) is 8.17. The summed E-state index contributed by atoms with van der Waals surface area (Å²) in [6.45, 7) is 7.23. The molecule has 0 amide bonds. The molecule has 0 aliphatic carbocycles. The Morgan fingerprint density at radius 2 is 2.00 bits per heavy atom. The molecule has 3 aromatic rings. The van der Waals surface area contributed by atoms with Crippen molar-refractivity contribution in [2.24, 2.45) is 5.92 Å². The smallest absolute Gasteiger partial charge is 0.170 e. The molecular formula is C23H24ClN3OS. The minimum absolute atomic E-state index is 0.0620. The van der Waals surface area contributed by atoms with E-state index in [-0.39, 0.29) is 12.1 Å². The predicted molar refractivity (Wildman–Crippen MR) is 121 cm³/mol. The van der Waals surface area contributed by atoms with Gasteiger partial charge in [-0.2, -0.15) is 0 Å². The van der Waals surface area contributed by atoms with Gasteiger partial charge in [0.2, 0.25) is 0 Å². The van der Waals surface area contributed by atoms with E-state index in [9.17, 15) is 0 Å². The van der Waals surface area contributed by atoms with Gasteiger partial charge < -0.3 is 14.6 Å². The number of pyridine rings is 1. The van der Waals surface area contributed by atoms with Crippen LogP contribution in [0.1, 0.15) is 42.9 Å². The van der Waals surface area contributed by atoms with Gasteiger partial charge >= 0.3 is 0 Å². The van der Waals surface area contributed by atoms with Crippen LogP contribution >= 0.6 is 23.8 Å². The molecule has 0 unspecified atom stereocenters. The average molecular weight is 426 g/mol. The maximum absolute atomic E-state index is 6.37. The van der Waals surface area contributed by atoms with Gasteiger partial charge in [0.1, 0.15) is 17.6 Å². The molecule has 2 aromatic heterocycles. The monoisotopic (exact) mass is 425 g/mol. The number of thiocarbonyl (C=S) groups is 1. The highest BCUT2D eigenvalue weighted by Crippen LogP contribution is 2.41. The molecule has 1 fully saturated rings. The van der Waals surface area contributed by atoms with Gasteiger partial charge in [-0.3, -0.25) is 4.98 Å². The lowest BCUT2D eigenvalue weighted by molar-refractivity contribution is 0.253. The van der Waals surface area contributed by atoms with Crippen LogP contribution in [0.4, 0.5) is 0 Å². The van der Waals surface area contributed by atoms with E-state index in [1.807, 2.05) is 61.7 Å². The zero-order chi connectivity index (χ0) is 20.5. The second-order valence-corrected chi connectivity index (χ2v) is 8.58. The van der Waals surface area contributed by atoms with Gasteiger partial charge in [-0.1, -0.05) is 43.6 Å². The standard InChI is InChI=1S/C23H24ClN3OS/c1-14(2)13-27-22(21(26-23(27)29)18-9-4-5-12-25-18)20-11-10-19(28-20)16-7-6-8-17(24)15(16)3/h4-12,14,21-22H,13H2,1-3H3,(H,26,29)/t21-,22+/m1/s1. The summed E-state index contributed by atoms with van der Waals surface area (Å²) in [5, 5.41) is 4.92. The lowest BCUT2D eigenvalue weighted by Gasteiger charge is -2.27. The average Bonchev–Trinajstić information content (AvgIpc) is 3.29. The Morgan fingerprint density at radius 3 is 2.72 bits per heavy atom. The van der Waals surface area contributed by atoms with Crippen LogP contribution in [0.15, 0.2) is 59.1 Å². The third-order valence-electron chi connectivity index (χ3n) is 5.21. The third-order valence-corrected chi connectivity index (χ3v) is 5.97. The molecule has 4 nitrogen and oxygen atoms in total. The maximum atomic E-state index is 6.37. The van der Waals surface area contributed by atoms with Gasteiger partial charge in [-0.15, -0.1) is 0 Å². The van der Waals surface area contributed by atoms with E-state index in [1.54, 1.807) is 0 Å². The molecule has 0 bridgehead atoms. The van der Waals surface area contributed by atoms with Crippen LogP contribution in [0.2, 0.25) is 5.02 Å². The van der Waals surface area contributed by atoms with Crippen molar-refractivity contribution in [3.63, 3.8) is 0 Å². The van der Waals surface area contributed by atoms with Crippen LogP contribution in [0.3, 0.4) is 0 Å². The molecule has 1 saturated heterocycles. The number of hydrogen-bond acceptors (Lipinski definition) is 3. The number of nitrogens with zero attached hydrogens (tertiary/aromatic N) is 2. The lowest BCUT2D eigenvalue weighted by Crippen LogP contribution is -2.32. The Hall–Kier alpha value is -2.37. The Kier molecular flexibility index (Phi) is 5.61. The van der Waals surface area contributed by atoms with Crippen LogP contribution in [0.25, 0.3) is 11.3 Å². The summed E-state index contributed by atoms with van der Waals surface area (Å²) < 4.78 is 6.37. The molecule has 150 valence electrons. The molecule has 0 saturated carbocycles. The first-order valence-electron chi connectivity index (χ1n) is 9.79. The van der Waals surface area contributed by atoms with Crippen molar-refractivity contribution < 1.29 is 4.42 Å². The van der Waals surface area contributed by atoms with Crippen molar-refractivity contribution >= 4 is 28.9 Å². The van der Waals surface area contributed by atoms with Crippen molar-refractivity contribution in [1.29, 1.82) is 0 Å². The van der Waals surface area contributed by atoms with Gasteiger partial charge in [-0.25, -0.2) is 0 Å². The maximum Gasteiger partial charge on any atom is 0.170 e. The largest absolute Gasteiger partial charge is 0.459 e. The van der Waals surface area contributed by atoms with E-state index < -0.39 is 0 Å². The Balaban J connectivity index is 1.75. The highest BCUT2D eigenvalue weighted by Gasteiger charge is 2.41. The first kappa shape index (κ1) is 19.9. The second-order valence-electron chi connectivity index (χ2n) is 7.79. The predicted octanol–water partition coefficient (Wildman–Crippen LogP) is 5.93. The first-order chi connectivity index (χ1) is 14.0. The number of hydrogen-bond donors (Lipinski definition) is 1. The highest BCUT2D eigenvalue weighted by molar-refractivity contribution is 7.80. The zero-order valence-electron chi connectivity index (χ0n) is 16.7. The number of furan rings is 1. The molecule has 1 aromatic carbocycles. The van der Waals surface area contributed by atoms with Gasteiger partial charge in [-0.05, 0) is 61.0 Å². The molecule has 29 heavy (non-hydrogen) atoms. The molecule has 1 aliphatic rings. The minimum atomic E-state index is -0.0677. The number of benzene rings is 1. The summed E-state index contributed by atoms with van der Waals surface area (Å²) in [7, 11) is 0. The fourth-order valence-corrected chi connectivity index (χ4v) is 4.33. The molecular weight excluding hydrogens is 402 g/mol. The highest BCUT2D eigenvalue weighted by atomic mass is 35.5. The lowest BCUT2D eigenvalue weighted by atomic mass is 10.0. The normalized spacial score (nSPS) is 19.1. The number of nitrogens with one attached hydrogen (secondary N) is 1. The van der Waals surface area contributed by atoms with Gasteiger partial charge in [0.05, 0.1) is 11.7 Å². The Morgan fingerprint density at radius 1 is 1.17 bits per heavy atom. The molecule has 3 heterocycles. The summed E-state index contributed by atoms with van der Waals surface area (Å²) in [6, 6.07) is 15.7. The van der Waals surface area contributed by atoms with Crippen LogP contribution in [-0.2, 0) is 0 Å². The fraction of sp³-hybridized carbons (Fsp3) is 0.304. The van der Waals surface area contributed by atoms with Crippen molar-refractivity contribution in [3.05, 3.63) is 76.8 Å². The molecule has 2 atom stereocenters. The van der Waals surface area contributed by atoms with Crippen LogP contribution in [0, 0.1) is 12.8 Å². The topological polar surface area (TPSA) is 41.3 Å². The summed E-state index contributed by atoms with van der Waals surface area (Å²) in [4.78, 5) is 6.78. The number of rotatable bonds is 5. The van der Waals surface area contributed by atoms with Crippen molar-refractivity contribution in [3.8, 4) is 11.3 Å². The molecule has 1 aliphatic heterocycles. The fourth-order valence-electron chi connectivity index (χ4n) is 3.84. The van der Waals surface area contributed by atoms with Crippen molar-refractivity contribution in [2.75, 3.05) is 6.54 Å². The van der Waals surface area contributed by atoms with Crippen LogP contribution < -0.4 is 5.32 Å². The van der Waals surface area contributed by atoms with Crippen molar-refractivity contribution in [1.82, 2.24) is 15.2 Å². The van der Waals surface area contributed by atoms with E-state index in [1.165, 1.54) is 0 Å². The summed E-state index contributed by atoms with van der Waals surface area (Å²) in [5.74, 6) is 2.13. The van der Waals surface area contributed by atoms with E-state index in [4.69, 9.17) is 28.2 Å². The first-order valence-corrected chi connectivity index (χ1v) is 10.6. The summed E-state index contributed by atoms with van der Waals surface area (Å²) >= 11 is 12.0. The Labute approximate surface area is 181 Å². The minimum Gasteiger partial charge on any atom is -0.459 e. The quantitative estimate of drug-likeness (QED) is 0.513.